The second-order valence-corrected chi connectivity index (χ2v) is 6.18. The molecule has 0 atom stereocenters. The van der Waals surface area contributed by atoms with Gasteiger partial charge in [0.1, 0.15) is 5.75 Å². The molecule has 0 saturated carbocycles. The molecule has 1 aliphatic heterocycles. The van der Waals surface area contributed by atoms with Crippen LogP contribution in [0.3, 0.4) is 0 Å². The molecule has 0 radical (unpaired) electrons. The van der Waals surface area contributed by atoms with Crippen molar-refractivity contribution >= 4 is 11.6 Å². The first-order valence-corrected chi connectivity index (χ1v) is 8.39. The van der Waals surface area contributed by atoms with Crippen LogP contribution in [0.25, 0.3) is 0 Å². The van der Waals surface area contributed by atoms with Gasteiger partial charge in [-0.25, -0.2) is 0 Å². The van der Waals surface area contributed by atoms with Crippen molar-refractivity contribution in [3.63, 3.8) is 0 Å². The highest BCUT2D eigenvalue weighted by molar-refractivity contribution is 6.32. The van der Waals surface area contributed by atoms with E-state index in [0.717, 1.165) is 29.8 Å². The van der Waals surface area contributed by atoms with E-state index >= 15 is 0 Å². The van der Waals surface area contributed by atoms with E-state index in [4.69, 9.17) is 16.3 Å². The van der Waals surface area contributed by atoms with Crippen LogP contribution in [-0.4, -0.2) is 38.2 Å². The van der Waals surface area contributed by atoms with Gasteiger partial charge >= 0.3 is 0 Å². The molecule has 21 heavy (non-hydrogen) atoms. The number of hydrogen-bond acceptors (Lipinski definition) is 3. The minimum Gasteiger partial charge on any atom is -0.492 e. The van der Waals surface area contributed by atoms with E-state index in [0.29, 0.717) is 6.61 Å². The van der Waals surface area contributed by atoms with Crippen LogP contribution >= 0.6 is 11.6 Å². The molecule has 0 amide bonds. The molecule has 118 valence electrons. The number of piperidine rings is 1. The van der Waals surface area contributed by atoms with Crippen molar-refractivity contribution in [2.75, 3.05) is 33.3 Å². The third-order valence-corrected chi connectivity index (χ3v) is 4.54. The highest BCUT2D eigenvalue weighted by atomic mass is 35.5. The summed E-state index contributed by atoms with van der Waals surface area (Å²) in [7, 11) is 2.03. The Balaban J connectivity index is 1.90. The van der Waals surface area contributed by atoms with Gasteiger partial charge in [-0.2, -0.15) is 0 Å². The first-order chi connectivity index (χ1) is 10.2. The lowest BCUT2D eigenvalue weighted by Crippen LogP contribution is -2.34. The molecular formula is C17H27ClN2O. The van der Waals surface area contributed by atoms with Crippen molar-refractivity contribution in [3.8, 4) is 5.75 Å². The van der Waals surface area contributed by atoms with Crippen LogP contribution < -0.4 is 10.1 Å². The highest BCUT2D eigenvalue weighted by Gasteiger charge is 2.20. The van der Waals surface area contributed by atoms with Gasteiger partial charge in [-0.1, -0.05) is 23.7 Å². The van der Waals surface area contributed by atoms with E-state index in [1.165, 1.54) is 37.9 Å². The van der Waals surface area contributed by atoms with Gasteiger partial charge in [0.05, 0.1) is 11.6 Å². The maximum atomic E-state index is 6.26. The Morgan fingerprint density at radius 2 is 2.10 bits per heavy atom. The van der Waals surface area contributed by atoms with Crippen LogP contribution in [0, 0.1) is 5.92 Å². The Bertz CT molecular complexity index is 431. The van der Waals surface area contributed by atoms with Gasteiger partial charge in [0.2, 0.25) is 0 Å². The van der Waals surface area contributed by atoms with Crippen molar-refractivity contribution in [2.45, 2.75) is 32.7 Å². The molecule has 1 fully saturated rings. The number of para-hydroxylation sites is 1. The van der Waals surface area contributed by atoms with E-state index in [1.54, 1.807) is 0 Å². The van der Waals surface area contributed by atoms with Crippen LogP contribution in [0.15, 0.2) is 18.2 Å². The van der Waals surface area contributed by atoms with Gasteiger partial charge in [0, 0.05) is 12.1 Å². The summed E-state index contributed by atoms with van der Waals surface area (Å²) in [6.45, 7) is 7.07. The molecule has 2 rings (SSSR count). The van der Waals surface area contributed by atoms with Gasteiger partial charge in [-0.05, 0) is 64.9 Å². The van der Waals surface area contributed by atoms with E-state index < -0.39 is 0 Å². The zero-order valence-corrected chi connectivity index (χ0v) is 14.0. The second-order valence-electron chi connectivity index (χ2n) is 5.77. The molecule has 0 aromatic heterocycles. The lowest BCUT2D eigenvalue weighted by atomic mass is 9.93. The summed E-state index contributed by atoms with van der Waals surface area (Å²) >= 11 is 6.26. The van der Waals surface area contributed by atoms with E-state index in [9.17, 15) is 0 Å². The van der Waals surface area contributed by atoms with E-state index in [2.05, 4.69) is 16.3 Å². The summed E-state index contributed by atoms with van der Waals surface area (Å²) in [5.41, 5.74) is 1.21. The number of halogens is 1. The van der Waals surface area contributed by atoms with Crippen molar-refractivity contribution in [2.24, 2.45) is 5.92 Å². The number of hydrogen-bond donors (Lipinski definition) is 1. The Labute approximate surface area is 133 Å². The fourth-order valence-electron chi connectivity index (χ4n) is 3.01. The molecule has 3 nitrogen and oxygen atoms in total. The summed E-state index contributed by atoms with van der Waals surface area (Å²) in [6.07, 6.45) is 3.89. The monoisotopic (exact) mass is 310 g/mol. The van der Waals surface area contributed by atoms with Crippen molar-refractivity contribution < 1.29 is 4.74 Å². The van der Waals surface area contributed by atoms with Crippen molar-refractivity contribution in [1.82, 2.24) is 10.2 Å². The van der Waals surface area contributed by atoms with Crippen LogP contribution in [-0.2, 0) is 6.54 Å². The van der Waals surface area contributed by atoms with Crippen LogP contribution in [0.5, 0.6) is 5.75 Å². The van der Waals surface area contributed by atoms with Gasteiger partial charge < -0.3 is 10.1 Å². The standard InChI is InChI=1S/C17H27ClN2O/c1-3-21-17-15(5-4-6-16(17)18)13-20-11-8-14(9-12-20)7-10-19-2/h4-6,14,19H,3,7-13H2,1-2H3. The van der Waals surface area contributed by atoms with Gasteiger partial charge in [-0.3, -0.25) is 4.90 Å². The summed E-state index contributed by atoms with van der Waals surface area (Å²) in [6, 6.07) is 6.05. The maximum absolute atomic E-state index is 6.26. The molecule has 0 bridgehead atoms. The Kier molecular flexibility index (Phi) is 6.81. The zero-order valence-electron chi connectivity index (χ0n) is 13.2. The fourth-order valence-corrected chi connectivity index (χ4v) is 3.26. The number of rotatable bonds is 7. The Morgan fingerprint density at radius 3 is 2.76 bits per heavy atom. The van der Waals surface area contributed by atoms with E-state index in [1.807, 2.05) is 26.1 Å². The molecule has 1 N–H and O–H groups in total. The normalized spacial score (nSPS) is 17.1. The summed E-state index contributed by atoms with van der Waals surface area (Å²) in [5, 5.41) is 3.97. The predicted octanol–water partition coefficient (Wildman–Crippen LogP) is 3.56. The zero-order chi connectivity index (χ0) is 15.1. The highest BCUT2D eigenvalue weighted by Crippen LogP contribution is 2.31. The largest absolute Gasteiger partial charge is 0.492 e. The number of nitrogens with one attached hydrogen (secondary N) is 1. The first kappa shape index (κ1) is 16.6. The SMILES string of the molecule is CCOc1c(Cl)cccc1CN1CCC(CCNC)CC1. The quantitative estimate of drug-likeness (QED) is 0.833. The molecule has 1 aromatic rings. The number of ether oxygens (including phenoxy) is 1. The summed E-state index contributed by atoms with van der Waals surface area (Å²) in [5.74, 6) is 1.73. The molecule has 4 heteroatoms. The Hall–Kier alpha value is -0.770. The lowest BCUT2D eigenvalue weighted by molar-refractivity contribution is 0.170. The van der Waals surface area contributed by atoms with Crippen LogP contribution in [0.1, 0.15) is 31.7 Å². The molecule has 0 aliphatic carbocycles. The fraction of sp³-hybridized carbons (Fsp3) is 0.647. The van der Waals surface area contributed by atoms with Gasteiger partial charge in [0.25, 0.3) is 0 Å². The summed E-state index contributed by atoms with van der Waals surface area (Å²) < 4.78 is 5.72. The second kappa shape index (κ2) is 8.62. The average molecular weight is 311 g/mol. The molecule has 1 heterocycles. The third-order valence-electron chi connectivity index (χ3n) is 4.24. The maximum Gasteiger partial charge on any atom is 0.142 e. The Morgan fingerprint density at radius 1 is 1.33 bits per heavy atom. The lowest BCUT2D eigenvalue weighted by Gasteiger charge is -2.32. The topological polar surface area (TPSA) is 24.5 Å². The molecular weight excluding hydrogens is 284 g/mol. The van der Waals surface area contributed by atoms with Crippen LogP contribution in [0.2, 0.25) is 5.02 Å². The minimum absolute atomic E-state index is 0.656. The van der Waals surface area contributed by atoms with E-state index in [-0.39, 0.29) is 0 Å². The summed E-state index contributed by atoms with van der Waals surface area (Å²) in [4.78, 5) is 2.52. The number of nitrogens with zero attached hydrogens (tertiary/aromatic N) is 1. The average Bonchev–Trinajstić information content (AvgIpc) is 2.50. The molecule has 0 spiro atoms. The van der Waals surface area contributed by atoms with Gasteiger partial charge in [-0.15, -0.1) is 0 Å². The third kappa shape index (κ3) is 4.87. The molecule has 0 unspecified atom stereocenters. The number of benzene rings is 1. The molecule has 1 saturated heterocycles. The van der Waals surface area contributed by atoms with Gasteiger partial charge in [0.15, 0.2) is 0 Å². The predicted molar refractivity (Wildman–Crippen MR) is 89.2 cm³/mol. The molecule has 1 aromatic carbocycles. The van der Waals surface area contributed by atoms with Crippen molar-refractivity contribution in [3.05, 3.63) is 28.8 Å². The van der Waals surface area contributed by atoms with Crippen LogP contribution in [0.4, 0.5) is 0 Å². The smallest absolute Gasteiger partial charge is 0.142 e. The molecule has 1 aliphatic rings. The minimum atomic E-state index is 0.656. The van der Waals surface area contributed by atoms with Crippen molar-refractivity contribution in [1.29, 1.82) is 0 Å². The number of likely N-dealkylation sites (tertiary alicyclic amines) is 1. The first-order valence-electron chi connectivity index (χ1n) is 8.01.